The topological polar surface area (TPSA) is 63.8 Å². The zero-order valence-corrected chi connectivity index (χ0v) is 18.5. The summed E-state index contributed by atoms with van der Waals surface area (Å²) in [5.41, 5.74) is 4.25. The first-order valence-corrected chi connectivity index (χ1v) is 10.1. The smallest absolute Gasteiger partial charge is 0.307 e. The van der Waals surface area contributed by atoms with Crippen LogP contribution in [0.1, 0.15) is 21.7 Å². The molecule has 0 aliphatic heterocycles. The van der Waals surface area contributed by atoms with Crippen LogP contribution in [-0.2, 0) is 6.61 Å². The molecule has 1 aromatic heterocycles. The maximum atomic E-state index is 11.8. The fourth-order valence-corrected chi connectivity index (χ4v) is 3.87. The fourth-order valence-electron chi connectivity index (χ4n) is 2.16. The highest BCUT2D eigenvalue weighted by atomic mass is 79.9. The van der Waals surface area contributed by atoms with Gasteiger partial charge in [-0.15, -0.1) is 0 Å². The summed E-state index contributed by atoms with van der Waals surface area (Å²) in [6.45, 7) is 0.442. The van der Waals surface area contributed by atoms with Crippen molar-refractivity contribution in [1.82, 2.24) is 5.43 Å². The van der Waals surface area contributed by atoms with Crippen molar-refractivity contribution >= 4 is 59.9 Å². The summed E-state index contributed by atoms with van der Waals surface area (Å²) < 4.78 is 13.5. The molecule has 0 unspecified atom stereocenters. The summed E-state index contributed by atoms with van der Waals surface area (Å²) in [7, 11) is 0. The number of hydrogen-bond acceptors (Lipinski definition) is 4. The first-order chi connectivity index (χ1) is 13.0. The molecule has 138 valence electrons. The van der Waals surface area contributed by atoms with Crippen molar-refractivity contribution in [2.24, 2.45) is 5.10 Å². The van der Waals surface area contributed by atoms with Gasteiger partial charge in [0, 0.05) is 4.47 Å². The van der Waals surface area contributed by atoms with Crippen molar-refractivity contribution in [3.63, 3.8) is 0 Å². The van der Waals surface area contributed by atoms with E-state index in [4.69, 9.17) is 9.15 Å². The molecule has 5 nitrogen and oxygen atoms in total. The number of benzene rings is 2. The van der Waals surface area contributed by atoms with Crippen LogP contribution in [-0.4, -0.2) is 12.1 Å². The van der Waals surface area contributed by atoms with E-state index in [-0.39, 0.29) is 5.76 Å². The third-order valence-corrected chi connectivity index (χ3v) is 5.15. The Balaban J connectivity index is 1.64. The van der Waals surface area contributed by atoms with Crippen molar-refractivity contribution < 1.29 is 13.9 Å². The molecule has 3 aromatic rings. The van der Waals surface area contributed by atoms with Crippen LogP contribution in [0, 0.1) is 0 Å². The van der Waals surface area contributed by atoms with Crippen LogP contribution in [0.25, 0.3) is 0 Å². The zero-order valence-electron chi connectivity index (χ0n) is 13.8. The van der Waals surface area contributed by atoms with Gasteiger partial charge in [-0.25, -0.2) is 5.43 Å². The number of amides is 1. The minimum atomic E-state index is -0.413. The van der Waals surface area contributed by atoms with Gasteiger partial charge < -0.3 is 9.15 Å². The number of hydrogen-bond donors (Lipinski definition) is 1. The Labute approximate surface area is 181 Å². The quantitative estimate of drug-likeness (QED) is 0.303. The number of nitrogens with one attached hydrogen (secondary N) is 1. The molecule has 0 spiro atoms. The number of hydrazone groups is 1. The second-order valence-corrected chi connectivity index (χ2v) is 8.03. The molecule has 1 N–H and O–H groups in total. The highest BCUT2D eigenvalue weighted by molar-refractivity contribution is 9.11. The first-order valence-electron chi connectivity index (χ1n) is 7.76. The Morgan fingerprint density at radius 1 is 1.11 bits per heavy atom. The van der Waals surface area contributed by atoms with Gasteiger partial charge >= 0.3 is 5.91 Å². The summed E-state index contributed by atoms with van der Waals surface area (Å²) in [6.07, 6.45) is 2.97. The van der Waals surface area contributed by atoms with E-state index in [0.717, 1.165) is 24.5 Å². The van der Waals surface area contributed by atoms with Crippen molar-refractivity contribution in [3.05, 3.63) is 85.1 Å². The highest BCUT2D eigenvalue weighted by Gasteiger charge is 2.10. The van der Waals surface area contributed by atoms with E-state index in [0.29, 0.717) is 12.4 Å². The molecule has 0 aliphatic rings. The third kappa shape index (κ3) is 5.54. The lowest BCUT2D eigenvalue weighted by Gasteiger charge is -2.11. The van der Waals surface area contributed by atoms with Crippen LogP contribution >= 0.6 is 47.8 Å². The molecular formula is C19H13Br3N2O3. The molecule has 3 rings (SSSR count). The van der Waals surface area contributed by atoms with Gasteiger partial charge in [-0.3, -0.25) is 4.79 Å². The van der Waals surface area contributed by atoms with E-state index < -0.39 is 5.91 Å². The molecule has 0 saturated heterocycles. The van der Waals surface area contributed by atoms with Gasteiger partial charge in [0.05, 0.1) is 21.4 Å². The molecule has 0 saturated carbocycles. The Bertz CT molecular complexity index is 932. The molecular weight excluding hydrogens is 544 g/mol. The van der Waals surface area contributed by atoms with Crippen LogP contribution in [0.4, 0.5) is 0 Å². The fraction of sp³-hybridized carbons (Fsp3) is 0.0526. The van der Waals surface area contributed by atoms with Gasteiger partial charge in [-0.1, -0.05) is 28.1 Å². The lowest BCUT2D eigenvalue weighted by Crippen LogP contribution is -2.16. The number of halogens is 3. The number of carbonyl (C=O) groups is 1. The number of rotatable bonds is 6. The van der Waals surface area contributed by atoms with Gasteiger partial charge in [0.25, 0.3) is 0 Å². The second kappa shape index (κ2) is 9.34. The highest BCUT2D eigenvalue weighted by Crippen LogP contribution is 2.35. The first kappa shape index (κ1) is 19.9. The van der Waals surface area contributed by atoms with E-state index >= 15 is 0 Å². The van der Waals surface area contributed by atoms with E-state index in [1.165, 1.54) is 12.5 Å². The predicted octanol–water partition coefficient (Wildman–Crippen LogP) is 5.91. The Kier molecular flexibility index (Phi) is 6.87. The molecule has 0 radical (unpaired) electrons. The number of furan rings is 1. The number of carbonyl (C=O) groups excluding carboxylic acids is 1. The van der Waals surface area contributed by atoms with E-state index in [1.54, 1.807) is 12.1 Å². The van der Waals surface area contributed by atoms with E-state index in [9.17, 15) is 4.79 Å². The second-order valence-electron chi connectivity index (χ2n) is 5.41. The summed E-state index contributed by atoms with van der Waals surface area (Å²) in [6, 6.07) is 14.8. The van der Waals surface area contributed by atoms with Crippen molar-refractivity contribution in [2.45, 2.75) is 6.61 Å². The molecule has 0 atom stereocenters. The average molecular weight is 557 g/mol. The normalized spacial score (nSPS) is 10.9. The standard InChI is InChI=1S/C19H13Br3N2O3/c20-14-5-3-12(4-6-14)11-27-18-15(21)8-13(9-16(18)22)10-23-24-19(25)17-2-1-7-26-17/h1-10H,11H2,(H,24,25)/b23-10+. The van der Waals surface area contributed by atoms with Gasteiger partial charge in [0.2, 0.25) is 0 Å². The van der Waals surface area contributed by atoms with Gasteiger partial charge in [-0.05, 0) is 79.4 Å². The minimum absolute atomic E-state index is 0.200. The maximum absolute atomic E-state index is 11.8. The molecule has 0 bridgehead atoms. The lowest BCUT2D eigenvalue weighted by atomic mass is 10.2. The van der Waals surface area contributed by atoms with Gasteiger partial charge in [0.15, 0.2) is 5.76 Å². The summed E-state index contributed by atoms with van der Waals surface area (Å²) in [5.74, 6) is 0.477. The van der Waals surface area contributed by atoms with E-state index in [2.05, 4.69) is 58.3 Å². The zero-order chi connectivity index (χ0) is 19.2. The lowest BCUT2D eigenvalue weighted by molar-refractivity contribution is 0.0927. The molecule has 27 heavy (non-hydrogen) atoms. The average Bonchev–Trinajstić information content (AvgIpc) is 3.17. The molecule has 8 heteroatoms. The Hall–Kier alpha value is -1.90. The Morgan fingerprint density at radius 2 is 1.81 bits per heavy atom. The van der Waals surface area contributed by atoms with Crippen molar-refractivity contribution in [1.29, 1.82) is 0 Å². The molecule has 0 aliphatic carbocycles. The summed E-state index contributed by atoms with van der Waals surface area (Å²) >= 11 is 10.4. The van der Waals surface area contributed by atoms with Crippen LogP contribution in [0.2, 0.25) is 0 Å². The van der Waals surface area contributed by atoms with Crippen LogP contribution in [0.15, 0.2) is 77.7 Å². The SMILES string of the molecule is O=C(N/N=C/c1cc(Br)c(OCc2ccc(Br)cc2)c(Br)c1)c1ccco1. The van der Waals surface area contributed by atoms with Crippen LogP contribution in [0.3, 0.4) is 0 Å². The monoisotopic (exact) mass is 554 g/mol. The van der Waals surface area contributed by atoms with Gasteiger partial charge in [0.1, 0.15) is 12.4 Å². The van der Waals surface area contributed by atoms with Crippen molar-refractivity contribution in [2.75, 3.05) is 0 Å². The number of ether oxygens (including phenoxy) is 1. The molecule has 0 fully saturated rings. The Morgan fingerprint density at radius 3 is 2.44 bits per heavy atom. The molecule has 1 heterocycles. The van der Waals surface area contributed by atoms with Crippen LogP contribution < -0.4 is 10.2 Å². The summed E-state index contributed by atoms with van der Waals surface area (Å²) in [5, 5.41) is 3.94. The predicted molar refractivity (Wildman–Crippen MR) is 114 cm³/mol. The molecule has 1 amide bonds. The largest absolute Gasteiger partial charge is 0.487 e. The summed E-state index contributed by atoms with van der Waals surface area (Å²) in [4.78, 5) is 11.8. The van der Waals surface area contributed by atoms with Gasteiger partial charge in [-0.2, -0.15) is 5.10 Å². The van der Waals surface area contributed by atoms with E-state index in [1.807, 2.05) is 36.4 Å². The number of nitrogens with zero attached hydrogens (tertiary/aromatic N) is 1. The minimum Gasteiger partial charge on any atom is -0.487 e. The maximum Gasteiger partial charge on any atom is 0.307 e. The van der Waals surface area contributed by atoms with Crippen molar-refractivity contribution in [3.8, 4) is 5.75 Å². The molecule has 2 aromatic carbocycles. The third-order valence-electron chi connectivity index (χ3n) is 3.44. The van der Waals surface area contributed by atoms with Crippen LogP contribution in [0.5, 0.6) is 5.75 Å².